The van der Waals surface area contributed by atoms with Gasteiger partial charge in [-0.3, -0.25) is 4.79 Å². The lowest BCUT2D eigenvalue weighted by Gasteiger charge is -2.28. The van der Waals surface area contributed by atoms with Crippen molar-refractivity contribution < 1.29 is 4.79 Å². The van der Waals surface area contributed by atoms with Crippen LogP contribution in [0.3, 0.4) is 0 Å². The third-order valence-electron chi connectivity index (χ3n) is 2.98. The Hall–Kier alpha value is -1.23. The van der Waals surface area contributed by atoms with Gasteiger partial charge in [-0.05, 0) is 20.5 Å². The molecule has 1 aliphatic rings. The van der Waals surface area contributed by atoms with E-state index in [9.17, 15) is 4.79 Å². The Morgan fingerprint density at radius 2 is 2.20 bits per heavy atom. The monoisotopic (exact) mass is 208 g/mol. The van der Waals surface area contributed by atoms with Crippen molar-refractivity contribution >= 4 is 5.78 Å². The van der Waals surface area contributed by atoms with Gasteiger partial charge in [0.15, 0.2) is 11.6 Å². The molecule has 0 saturated carbocycles. The fourth-order valence-corrected chi connectivity index (χ4v) is 2.01. The van der Waals surface area contributed by atoms with Gasteiger partial charge in [-0.2, -0.15) is 0 Å². The number of likely N-dealkylation sites (N-methyl/N-ethyl adjacent to an activating group) is 1. The van der Waals surface area contributed by atoms with E-state index in [1.165, 1.54) is 6.92 Å². The SMILES string of the molecule is CC(=O)c1nnc2n1CCC(N(C)C)C2. The largest absolute Gasteiger partial charge is 0.308 e. The molecule has 2 rings (SSSR count). The highest BCUT2D eigenvalue weighted by molar-refractivity contribution is 5.90. The summed E-state index contributed by atoms with van der Waals surface area (Å²) in [6, 6.07) is 0.515. The van der Waals surface area contributed by atoms with Crippen LogP contribution in [0.1, 0.15) is 29.8 Å². The van der Waals surface area contributed by atoms with Crippen LogP contribution in [0, 0.1) is 0 Å². The summed E-state index contributed by atoms with van der Waals surface area (Å²) in [4.78, 5) is 13.5. The quantitative estimate of drug-likeness (QED) is 0.658. The molecular formula is C10H16N4O. The van der Waals surface area contributed by atoms with Crippen molar-refractivity contribution in [1.29, 1.82) is 0 Å². The Balaban J connectivity index is 2.26. The molecule has 0 aromatic carbocycles. The highest BCUT2D eigenvalue weighted by Crippen LogP contribution is 2.17. The third kappa shape index (κ3) is 1.79. The highest BCUT2D eigenvalue weighted by Gasteiger charge is 2.25. The van der Waals surface area contributed by atoms with Crippen LogP contribution in [0.2, 0.25) is 0 Å². The van der Waals surface area contributed by atoms with Crippen molar-refractivity contribution in [3.8, 4) is 0 Å². The zero-order chi connectivity index (χ0) is 11.0. The number of hydrogen-bond acceptors (Lipinski definition) is 4. The number of aromatic nitrogens is 3. The van der Waals surface area contributed by atoms with Crippen LogP contribution in [-0.2, 0) is 13.0 Å². The van der Waals surface area contributed by atoms with Crippen LogP contribution >= 0.6 is 0 Å². The maximum absolute atomic E-state index is 11.3. The first-order valence-electron chi connectivity index (χ1n) is 5.19. The summed E-state index contributed by atoms with van der Waals surface area (Å²) in [5, 5.41) is 8.01. The smallest absolute Gasteiger partial charge is 0.199 e. The van der Waals surface area contributed by atoms with E-state index < -0.39 is 0 Å². The van der Waals surface area contributed by atoms with E-state index in [-0.39, 0.29) is 5.78 Å². The average Bonchev–Trinajstić information content (AvgIpc) is 2.59. The number of fused-ring (bicyclic) bond motifs is 1. The summed E-state index contributed by atoms with van der Waals surface area (Å²) in [5.74, 6) is 1.43. The molecule has 0 aliphatic carbocycles. The van der Waals surface area contributed by atoms with Crippen LogP contribution in [-0.4, -0.2) is 45.6 Å². The Morgan fingerprint density at radius 1 is 1.47 bits per heavy atom. The van der Waals surface area contributed by atoms with Gasteiger partial charge in [0.05, 0.1) is 0 Å². The number of hydrogen-bond donors (Lipinski definition) is 0. The van der Waals surface area contributed by atoms with Crippen molar-refractivity contribution in [3.05, 3.63) is 11.6 Å². The van der Waals surface area contributed by atoms with Crippen LogP contribution in [0.15, 0.2) is 0 Å². The molecule has 1 aromatic heterocycles. The van der Waals surface area contributed by atoms with Gasteiger partial charge in [-0.15, -0.1) is 10.2 Å². The molecule has 0 spiro atoms. The second kappa shape index (κ2) is 3.73. The highest BCUT2D eigenvalue weighted by atomic mass is 16.1. The van der Waals surface area contributed by atoms with Gasteiger partial charge >= 0.3 is 0 Å². The third-order valence-corrected chi connectivity index (χ3v) is 2.98. The zero-order valence-electron chi connectivity index (χ0n) is 9.40. The zero-order valence-corrected chi connectivity index (χ0v) is 9.40. The van der Waals surface area contributed by atoms with Gasteiger partial charge in [0.1, 0.15) is 5.82 Å². The van der Waals surface area contributed by atoms with Crippen molar-refractivity contribution in [3.63, 3.8) is 0 Å². The van der Waals surface area contributed by atoms with Crippen LogP contribution in [0.4, 0.5) is 0 Å². The number of carbonyl (C=O) groups excluding carboxylic acids is 1. The predicted molar refractivity (Wildman–Crippen MR) is 55.8 cm³/mol. The molecular weight excluding hydrogens is 192 g/mol. The molecule has 15 heavy (non-hydrogen) atoms. The van der Waals surface area contributed by atoms with E-state index in [1.807, 2.05) is 4.57 Å². The van der Waals surface area contributed by atoms with E-state index in [2.05, 4.69) is 29.2 Å². The fourth-order valence-electron chi connectivity index (χ4n) is 2.01. The second-order valence-corrected chi connectivity index (χ2v) is 4.26. The molecule has 5 heteroatoms. The van der Waals surface area contributed by atoms with Crippen molar-refractivity contribution in [2.24, 2.45) is 0 Å². The lowest BCUT2D eigenvalue weighted by Crippen LogP contribution is -2.36. The van der Waals surface area contributed by atoms with E-state index >= 15 is 0 Å². The Labute approximate surface area is 89.1 Å². The maximum atomic E-state index is 11.3. The minimum Gasteiger partial charge on any atom is -0.308 e. The average molecular weight is 208 g/mol. The Morgan fingerprint density at radius 3 is 2.80 bits per heavy atom. The van der Waals surface area contributed by atoms with Crippen LogP contribution < -0.4 is 0 Å². The van der Waals surface area contributed by atoms with Gasteiger partial charge < -0.3 is 9.47 Å². The van der Waals surface area contributed by atoms with E-state index in [4.69, 9.17) is 0 Å². The van der Waals surface area contributed by atoms with Crippen LogP contribution in [0.5, 0.6) is 0 Å². The Bertz CT molecular complexity index is 383. The summed E-state index contributed by atoms with van der Waals surface area (Å²) in [5.41, 5.74) is 0. The molecule has 1 unspecified atom stereocenters. The maximum Gasteiger partial charge on any atom is 0.199 e. The minimum atomic E-state index is -0.00273. The lowest BCUT2D eigenvalue weighted by molar-refractivity contribution is 0.0996. The van der Waals surface area contributed by atoms with Crippen molar-refractivity contribution in [2.45, 2.75) is 32.4 Å². The van der Waals surface area contributed by atoms with Gasteiger partial charge in [0.25, 0.3) is 0 Å². The van der Waals surface area contributed by atoms with Gasteiger partial charge in [-0.25, -0.2) is 0 Å². The normalized spacial score (nSPS) is 20.4. The van der Waals surface area contributed by atoms with Gasteiger partial charge in [-0.1, -0.05) is 0 Å². The lowest BCUT2D eigenvalue weighted by atomic mass is 10.1. The molecule has 0 amide bonds. The number of rotatable bonds is 2. The van der Waals surface area contributed by atoms with Gasteiger partial charge in [0, 0.05) is 25.9 Å². The molecule has 1 aromatic rings. The van der Waals surface area contributed by atoms with E-state index in [0.717, 1.165) is 25.2 Å². The topological polar surface area (TPSA) is 51.0 Å². The van der Waals surface area contributed by atoms with Crippen molar-refractivity contribution in [2.75, 3.05) is 14.1 Å². The van der Waals surface area contributed by atoms with Gasteiger partial charge in [0.2, 0.25) is 0 Å². The molecule has 1 atom stereocenters. The summed E-state index contributed by atoms with van der Waals surface area (Å²) in [7, 11) is 4.14. The molecule has 0 bridgehead atoms. The standard InChI is InChI=1S/C10H16N4O/c1-7(15)10-12-11-9-6-8(13(2)3)4-5-14(9)10/h8H,4-6H2,1-3H3. The number of Topliss-reactive ketones (excluding diaryl/α,β-unsaturated/α-hetero) is 1. The first-order valence-corrected chi connectivity index (χ1v) is 5.19. The molecule has 0 radical (unpaired) electrons. The molecule has 0 saturated heterocycles. The fraction of sp³-hybridized carbons (Fsp3) is 0.700. The molecule has 2 heterocycles. The molecule has 82 valence electrons. The Kier molecular flexibility index (Phi) is 2.56. The molecule has 0 fully saturated rings. The summed E-state index contributed by atoms with van der Waals surface area (Å²) >= 11 is 0. The van der Waals surface area contributed by atoms with Crippen LogP contribution in [0.25, 0.3) is 0 Å². The number of ketones is 1. The predicted octanol–water partition coefficient (Wildman–Crippen LogP) is 0.357. The van der Waals surface area contributed by atoms with E-state index in [0.29, 0.717) is 11.9 Å². The number of nitrogens with zero attached hydrogens (tertiary/aromatic N) is 4. The molecule has 5 nitrogen and oxygen atoms in total. The summed E-state index contributed by atoms with van der Waals surface area (Å²) in [6.07, 6.45) is 1.94. The summed E-state index contributed by atoms with van der Waals surface area (Å²) in [6.45, 7) is 2.38. The number of carbonyl (C=O) groups is 1. The molecule has 0 N–H and O–H groups in total. The molecule has 1 aliphatic heterocycles. The first-order chi connectivity index (χ1) is 7.09. The van der Waals surface area contributed by atoms with E-state index in [1.54, 1.807) is 0 Å². The first kappa shape index (κ1) is 10.3. The minimum absolute atomic E-state index is 0.00273. The summed E-state index contributed by atoms with van der Waals surface area (Å²) < 4.78 is 1.95. The van der Waals surface area contributed by atoms with Crippen molar-refractivity contribution in [1.82, 2.24) is 19.7 Å². The second-order valence-electron chi connectivity index (χ2n) is 4.26.